The minimum absolute atomic E-state index is 0.168. The van der Waals surface area contributed by atoms with Crippen molar-refractivity contribution >= 4 is 5.91 Å². The Hall–Kier alpha value is -2.28. The minimum atomic E-state index is 0.168. The van der Waals surface area contributed by atoms with Crippen molar-refractivity contribution < 1.29 is 9.53 Å². The van der Waals surface area contributed by atoms with E-state index in [0.717, 1.165) is 29.5 Å². The number of hydrogen-bond donors (Lipinski definition) is 1. The Morgan fingerprint density at radius 2 is 2.23 bits per heavy atom. The largest absolute Gasteiger partial charge is 0.377 e. The normalized spacial score (nSPS) is 22.8. The van der Waals surface area contributed by atoms with E-state index in [1.165, 1.54) is 12.8 Å². The van der Waals surface area contributed by atoms with Crippen LogP contribution in [0.2, 0.25) is 0 Å². The number of aromatic amines is 1. The number of H-pyrrole nitrogens is 1. The van der Waals surface area contributed by atoms with Gasteiger partial charge in [-0.1, -0.05) is 6.07 Å². The molecule has 3 heterocycles. The molecule has 0 aromatic carbocycles. The molecule has 1 N–H and O–H groups in total. The van der Waals surface area contributed by atoms with Gasteiger partial charge in [-0.15, -0.1) is 0 Å². The molecular weight excluding hydrogens is 330 g/mol. The van der Waals surface area contributed by atoms with E-state index in [2.05, 4.69) is 20.2 Å². The fourth-order valence-electron chi connectivity index (χ4n) is 3.96. The van der Waals surface area contributed by atoms with Crippen molar-refractivity contribution in [1.29, 1.82) is 0 Å². The molecule has 2 aliphatic rings. The number of ether oxygens (including phenoxy) is 1. The summed E-state index contributed by atoms with van der Waals surface area (Å²) in [5, 5.41) is 7.36. The molecule has 0 spiro atoms. The van der Waals surface area contributed by atoms with Gasteiger partial charge in [0.2, 0.25) is 5.91 Å². The van der Waals surface area contributed by atoms with E-state index >= 15 is 0 Å². The highest BCUT2D eigenvalue weighted by molar-refractivity contribution is 5.79. The van der Waals surface area contributed by atoms with Gasteiger partial charge in [0, 0.05) is 38.0 Å². The van der Waals surface area contributed by atoms with Crippen LogP contribution in [0.15, 0.2) is 18.3 Å². The lowest BCUT2D eigenvalue weighted by molar-refractivity contribution is -0.129. The van der Waals surface area contributed by atoms with Crippen LogP contribution in [0.3, 0.4) is 0 Å². The number of nitrogens with one attached hydrogen (secondary N) is 1. The maximum atomic E-state index is 12.9. The quantitative estimate of drug-likeness (QED) is 0.855. The van der Waals surface area contributed by atoms with Gasteiger partial charge in [0.15, 0.2) is 11.6 Å². The summed E-state index contributed by atoms with van der Waals surface area (Å²) in [5.74, 6) is 3.10. The zero-order valence-corrected chi connectivity index (χ0v) is 15.3. The molecule has 4 rings (SSSR count). The second-order valence-electron chi connectivity index (χ2n) is 7.40. The predicted octanol–water partition coefficient (Wildman–Crippen LogP) is 1.85. The molecule has 2 aromatic rings. The third kappa shape index (κ3) is 3.49. The molecule has 1 amide bonds. The summed E-state index contributed by atoms with van der Waals surface area (Å²) in [6.45, 7) is 3.88. The van der Waals surface area contributed by atoms with Gasteiger partial charge in [0.1, 0.15) is 6.61 Å². The Labute approximate surface area is 153 Å². The molecule has 0 radical (unpaired) electrons. The highest BCUT2D eigenvalue weighted by Gasteiger charge is 2.45. The molecule has 2 aromatic heterocycles. The Kier molecular flexibility index (Phi) is 4.72. The van der Waals surface area contributed by atoms with E-state index in [9.17, 15) is 4.79 Å². The van der Waals surface area contributed by atoms with Crippen molar-refractivity contribution in [2.24, 2.45) is 11.8 Å². The number of aryl methyl sites for hydroxylation is 1. The van der Waals surface area contributed by atoms with Crippen LogP contribution in [0.25, 0.3) is 0 Å². The van der Waals surface area contributed by atoms with Crippen LogP contribution < -0.4 is 0 Å². The fourth-order valence-corrected chi connectivity index (χ4v) is 3.96. The second-order valence-corrected chi connectivity index (χ2v) is 7.40. The minimum Gasteiger partial charge on any atom is -0.377 e. The standard InChI is InChI=1S/C19H25N5O2/c1-12-14(4-3-7-20-12)8-18(25)24-9-15(13-5-6-13)16(10-24)19-21-17(11-26-2)22-23-19/h3-4,7,13,15-16H,5-6,8-11H2,1-2H3,(H,21,22,23)/t15-,16+/m1/s1. The van der Waals surface area contributed by atoms with Gasteiger partial charge in [-0.25, -0.2) is 4.98 Å². The molecule has 138 valence electrons. The van der Waals surface area contributed by atoms with Crippen molar-refractivity contribution in [3.63, 3.8) is 0 Å². The van der Waals surface area contributed by atoms with Crippen molar-refractivity contribution in [3.8, 4) is 0 Å². The fraction of sp³-hybridized carbons (Fsp3) is 0.579. The highest BCUT2D eigenvalue weighted by atomic mass is 16.5. The van der Waals surface area contributed by atoms with Crippen LogP contribution in [0, 0.1) is 18.8 Å². The third-order valence-corrected chi connectivity index (χ3v) is 5.57. The predicted molar refractivity (Wildman–Crippen MR) is 95.3 cm³/mol. The molecule has 1 aliphatic carbocycles. The monoisotopic (exact) mass is 355 g/mol. The molecule has 0 bridgehead atoms. The van der Waals surface area contributed by atoms with Crippen LogP contribution in [0.5, 0.6) is 0 Å². The van der Waals surface area contributed by atoms with E-state index in [1.54, 1.807) is 13.3 Å². The van der Waals surface area contributed by atoms with E-state index in [0.29, 0.717) is 31.4 Å². The van der Waals surface area contributed by atoms with Gasteiger partial charge in [-0.3, -0.25) is 14.9 Å². The molecule has 0 unspecified atom stereocenters. The highest BCUT2D eigenvalue weighted by Crippen LogP contribution is 2.47. The zero-order chi connectivity index (χ0) is 18.1. The molecule has 1 saturated carbocycles. The second kappa shape index (κ2) is 7.15. The smallest absolute Gasteiger partial charge is 0.227 e. The lowest BCUT2D eigenvalue weighted by atomic mass is 9.91. The van der Waals surface area contributed by atoms with Crippen LogP contribution in [0.4, 0.5) is 0 Å². The number of rotatable bonds is 6. The van der Waals surface area contributed by atoms with Gasteiger partial charge in [0.25, 0.3) is 0 Å². The lowest BCUT2D eigenvalue weighted by Gasteiger charge is -2.16. The molecular formula is C19H25N5O2. The number of likely N-dealkylation sites (tertiary alicyclic amines) is 1. The van der Waals surface area contributed by atoms with Gasteiger partial charge < -0.3 is 9.64 Å². The number of nitrogens with zero attached hydrogens (tertiary/aromatic N) is 4. The Morgan fingerprint density at radius 1 is 1.38 bits per heavy atom. The Balaban J connectivity index is 1.48. The molecule has 26 heavy (non-hydrogen) atoms. The van der Waals surface area contributed by atoms with E-state index < -0.39 is 0 Å². The van der Waals surface area contributed by atoms with E-state index in [-0.39, 0.29) is 11.8 Å². The average Bonchev–Trinajstić information content (AvgIpc) is 3.20. The van der Waals surface area contributed by atoms with Gasteiger partial charge in [-0.2, -0.15) is 5.10 Å². The molecule has 2 atom stereocenters. The number of carbonyl (C=O) groups is 1. The number of carbonyl (C=O) groups excluding carboxylic acids is 1. The maximum absolute atomic E-state index is 12.9. The lowest BCUT2D eigenvalue weighted by Crippen LogP contribution is -2.30. The van der Waals surface area contributed by atoms with Crippen LogP contribution in [-0.4, -0.2) is 51.2 Å². The summed E-state index contributed by atoms with van der Waals surface area (Å²) in [6, 6.07) is 3.87. The molecule has 7 heteroatoms. The molecule has 2 fully saturated rings. The van der Waals surface area contributed by atoms with Crippen molar-refractivity contribution in [2.45, 2.75) is 38.7 Å². The average molecular weight is 355 g/mol. The first-order chi connectivity index (χ1) is 12.7. The van der Waals surface area contributed by atoms with Crippen LogP contribution >= 0.6 is 0 Å². The van der Waals surface area contributed by atoms with E-state index in [1.807, 2.05) is 24.0 Å². The topological polar surface area (TPSA) is 84.0 Å². The number of pyridine rings is 1. The first kappa shape index (κ1) is 17.1. The first-order valence-electron chi connectivity index (χ1n) is 9.24. The summed E-state index contributed by atoms with van der Waals surface area (Å²) in [7, 11) is 1.64. The SMILES string of the molecule is COCc1nc([C@H]2CN(C(=O)Cc3cccnc3C)C[C@@H]2C2CC2)n[nH]1. The summed E-state index contributed by atoms with van der Waals surface area (Å²) in [6.07, 6.45) is 4.67. The number of hydrogen-bond acceptors (Lipinski definition) is 5. The van der Waals surface area contributed by atoms with Crippen molar-refractivity contribution in [1.82, 2.24) is 25.1 Å². The van der Waals surface area contributed by atoms with Crippen molar-refractivity contribution in [3.05, 3.63) is 41.2 Å². The zero-order valence-electron chi connectivity index (χ0n) is 15.3. The Bertz CT molecular complexity index is 786. The van der Waals surface area contributed by atoms with Gasteiger partial charge in [0.05, 0.1) is 6.42 Å². The van der Waals surface area contributed by atoms with Crippen LogP contribution in [-0.2, 0) is 22.6 Å². The first-order valence-corrected chi connectivity index (χ1v) is 9.24. The maximum Gasteiger partial charge on any atom is 0.227 e. The van der Waals surface area contributed by atoms with Gasteiger partial charge in [-0.05, 0) is 43.2 Å². The Morgan fingerprint density at radius 3 is 2.96 bits per heavy atom. The summed E-state index contributed by atoms with van der Waals surface area (Å²) < 4.78 is 5.12. The van der Waals surface area contributed by atoms with Crippen molar-refractivity contribution in [2.75, 3.05) is 20.2 Å². The summed E-state index contributed by atoms with van der Waals surface area (Å²) in [4.78, 5) is 23.7. The summed E-state index contributed by atoms with van der Waals surface area (Å²) in [5.41, 5.74) is 1.93. The molecule has 1 aliphatic heterocycles. The summed E-state index contributed by atoms with van der Waals surface area (Å²) >= 11 is 0. The van der Waals surface area contributed by atoms with E-state index in [4.69, 9.17) is 4.74 Å². The number of methoxy groups -OCH3 is 1. The third-order valence-electron chi connectivity index (χ3n) is 5.57. The number of amides is 1. The number of aromatic nitrogens is 4. The molecule has 1 saturated heterocycles. The van der Waals surface area contributed by atoms with Gasteiger partial charge >= 0.3 is 0 Å². The van der Waals surface area contributed by atoms with Crippen LogP contribution in [0.1, 0.15) is 41.7 Å². The molecule has 7 nitrogen and oxygen atoms in total.